The van der Waals surface area contributed by atoms with Crippen LogP contribution in [-0.4, -0.2) is 12.5 Å². The molecule has 148 valence electrons. The Balaban J connectivity index is 1.69. The quantitative estimate of drug-likeness (QED) is 0.752. The molecule has 0 saturated heterocycles. The number of amides is 1. The van der Waals surface area contributed by atoms with Crippen LogP contribution in [0.2, 0.25) is 0 Å². The second-order valence-electron chi connectivity index (χ2n) is 8.71. The molecule has 0 fully saturated rings. The molecule has 4 nitrogen and oxygen atoms in total. The zero-order valence-corrected chi connectivity index (χ0v) is 18.1. The van der Waals surface area contributed by atoms with Gasteiger partial charge in [-0.25, -0.2) is 0 Å². The Morgan fingerprint density at radius 3 is 2.71 bits per heavy atom. The minimum Gasteiger partial charge on any atom is -0.484 e. The van der Waals surface area contributed by atoms with Crippen LogP contribution in [0.5, 0.6) is 5.75 Å². The van der Waals surface area contributed by atoms with Crippen LogP contribution in [-0.2, 0) is 17.6 Å². The predicted octanol–water partition coefficient (Wildman–Crippen LogP) is 5.41. The number of carbonyl (C=O) groups excluding carboxylic acids is 1. The third kappa shape index (κ3) is 4.39. The average molecular weight is 397 g/mol. The summed E-state index contributed by atoms with van der Waals surface area (Å²) in [5.74, 6) is 1.04. The van der Waals surface area contributed by atoms with Gasteiger partial charge in [0, 0.05) is 4.88 Å². The van der Waals surface area contributed by atoms with Crippen LogP contribution in [0, 0.1) is 36.5 Å². The molecule has 0 spiro atoms. The van der Waals surface area contributed by atoms with E-state index in [1.54, 1.807) is 11.3 Å². The molecule has 1 atom stereocenters. The highest BCUT2D eigenvalue weighted by Crippen LogP contribution is 2.43. The van der Waals surface area contributed by atoms with E-state index in [4.69, 9.17) is 4.74 Å². The Bertz CT molecular complexity index is 931. The van der Waals surface area contributed by atoms with Gasteiger partial charge in [-0.05, 0) is 73.3 Å². The third-order valence-corrected chi connectivity index (χ3v) is 6.87. The van der Waals surface area contributed by atoms with Crippen LogP contribution >= 0.6 is 11.3 Å². The normalized spacial score (nSPS) is 16.2. The van der Waals surface area contributed by atoms with Crippen LogP contribution in [0.25, 0.3) is 0 Å². The number of ether oxygens (including phenoxy) is 1. The highest BCUT2D eigenvalue weighted by Gasteiger charge is 2.32. The molecule has 28 heavy (non-hydrogen) atoms. The molecule has 2 aromatic rings. The van der Waals surface area contributed by atoms with Gasteiger partial charge in [0.1, 0.15) is 16.8 Å². The zero-order chi connectivity index (χ0) is 20.5. The van der Waals surface area contributed by atoms with Gasteiger partial charge in [0.2, 0.25) is 0 Å². The van der Waals surface area contributed by atoms with E-state index in [1.807, 2.05) is 32.0 Å². The lowest BCUT2D eigenvalue weighted by atomic mass is 9.72. The van der Waals surface area contributed by atoms with Crippen molar-refractivity contribution in [3.8, 4) is 11.8 Å². The number of hydrogen-bond acceptors (Lipinski definition) is 4. The van der Waals surface area contributed by atoms with Gasteiger partial charge in [-0.2, -0.15) is 5.26 Å². The highest BCUT2D eigenvalue weighted by molar-refractivity contribution is 7.16. The lowest BCUT2D eigenvalue weighted by Gasteiger charge is -2.33. The summed E-state index contributed by atoms with van der Waals surface area (Å²) in [6, 6.07) is 8.08. The van der Waals surface area contributed by atoms with Crippen molar-refractivity contribution in [2.75, 3.05) is 11.9 Å². The topological polar surface area (TPSA) is 62.1 Å². The van der Waals surface area contributed by atoms with E-state index in [9.17, 15) is 10.1 Å². The van der Waals surface area contributed by atoms with E-state index < -0.39 is 0 Å². The van der Waals surface area contributed by atoms with Gasteiger partial charge >= 0.3 is 0 Å². The van der Waals surface area contributed by atoms with Crippen molar-refractivity contribution in [2.45, 2.75) is 53.9 Å². The molecule has 0 bridgehead atoms. The van der Waals surface area contributed by atoms with Crippen molar-refractivity contribution in [1.29, 1.82) is 5.26 Å². The Labute approximate surface area is 171 Å². The third-order valence-electron chi connectivity index (χ3n) is 5.70. The zero-order valence-electron chi connectivity index (χ0n) is 17.3. The minimum absolute atomic E-state index is 0.0689. The molecule has 1 heterocycles. The summed E-state index contributed by atoms with van der Waals surface area (Å²) in [4.78, 5) is 13.6. The highest BCUT2D eigenvalue weighted by atomic mass is 32.1. The monoisotopic (exact) mass is 396 g/mol. The van der Waals surface area contributed by atoms with Crippen LogP contribution in [0.15, 0.2) is 18.2 Å². The molecule has 0 saturated carbocycles. The first-order valence-electron chi connectivity index (χ1n) is 9.73. The summed E-state index contributed by atoms with van der Waals surface area (Å²) < 4.78 is 5.62. The summed E-state index contributed by atoms with van der Waals surface area (Å²) >= 11 is 1.55. The molecule has 1 aliphatic rings. The van der Waals surface area contributed by atoms with Gasteiger partial charge in [0.25, 0.3) is 5.91 Å². The first kappa shape index (κ1) is 20.4. The Morgan fingerprint density at radius 1 is 1.32 bits per heavy atom. The van der Waals surface area contributed by atoms with Gasteiger partial charge in [0.15, 0.2) is 6.61 Å². The van der Waals surface area contributed by atoms with Crippen LogP contribution in [0.4, 0.5) is 5.00 Å². The standard InChI is InChI=1S/C23H28N2O2S/c1-14-6-8-17(10-15(14)2)27-13-21(26)25-22-19(12-24)18-9-7-16(23(3,4)5)11-20(18)28-22/h6,8,10,16H,7,9,11,13H2,1-5H3,(H,25,26)/t16-/m0/s1. The molecule has 1 aromatic carbocycles. The van der Waals surface area contributed by atoms with Crippen LogP contribution in [0.1, 0.15) is 54.3 Å². The molecule has 5 heteroatoms. The molecule has 0 unspecified atom stereocenters. The summed E-state index contributed by atoms with van der Waals surface area (Å²) in [5, 5.41) is 13.2. The van der Waals surface area contributed by atoms with Crippen LogP contribution in [0.3, 0.4) is 0 Å². The van der Waals surface area contributed by atoms with Crippen molar-refractivity contribution in [3.05, 3.63) is 45.3 Å². The first-order valence-corrected chi connectivity index (χ1v) is 10.5. The van der Waals surface area contributed by atoms with E-state index in [2.05, 4.69) is 32.2 Å². The number of benzene rings is 1. The fraction of sp³-hybridized carbons (Fsp3) is 0.478. The second-order valence-corrected chi connectivity index (χ2v) is 9.81. The summed E-state index contributed by atoms with van der Waals surface area (Å²) in [6.45, 7) is 10.8. The van der Waals surface area contributed by atoms with E-state index in [1.165, 1.54) is 10.4 Å². The minimum atomic E-state index is -0.235. The van der Waals surface area contributed by atoms with Gasteiger partial charge in [-0.1, -0.05) is 26.8 Å². The fourth-order valence-corrected chi connectivity index (χ4v) is 4.94. The Kier molecular flexibility index (Phi) is 5.81. The van der Waals surface area contributed by atoms with Gasteiger partial charge in [0.05, 0.1) is 5.56 Å². The number of nitriles is 1. The SMILES string of the molecule is Cc1ccc(OCC(=O)Nc2sc3c(c2C#N)CC[C@H](C(C)(C)C)C3)cc1C. The maximum Gasteiger partial charge on any atom is 0.262 e. The van der Waals surface area contributed by atoms with Crippen molar-refractivity contribution < 1.29 is 9.53 Å². The molecule has 0 aliphatic heterocycles. The fourth-order valence-electron chi connectivity index (χ4n) is 3.65. The van der Waals surface area contributed by atoms with Crippen LogP contribution < -0.4 is 10.1 Å². The molecular formula is C23H28N2O2S. The molecule has 1 aromatic heterocycles. The summed E-state index contributed by atoms with van der Waals surface area (Å²) in [7, 11) is 0. The van der Waals surface area contributed by atoms with E-state index >= 15 is 0 Å². The van der Waals surface area contributed by atoms with Gasteiger partial charge < -0.3 is 10.1 Å². The van der Waals surface area contributed by atoms with Crippen molar-refractivity contribution in [3.63, 3.8) is 0 Å². The lowest BCUT2D eigenvalue weighted by Crippen LogP contribution is -2.26. The molecule has 1 aliphatic carbocycles. The van der Waals surface area contributed by atoms with E-state index in [-0.39, 0.29) is 17.9 Å². The van der Waals surface area contributed by atoms with Gasteiger partial charge in [-0.15, -0.1) is 11.3 Å². The number of fused-ring (bicyclic) bond motifs is 1. The van der Waals surface area contributed by atoms with E-state index in [0.29, 0.717) is 22.2 Å². The number of thiophene rings is 1. The summed E-state index contributed by atoms with van der Waals surface area (Å²) in [5.41, 5.74) is 4.32. The number of carbonyl (C=O) groups is 1. The number of nitrogens with zero attached hydrogens (tertiary/aromatic N) is 1. The average Bonchev–Trinajstić information content (AvgIpc) is 2.98. The Hall–Kier alpha value is -2.32. The maximum atomic E-state index is 12.4. The number of hydrogen-bond donors (Lipinski definition) is 1. The molecule has 3 rings (SSSR count). The number of aryl methyl sites for hydroxylation is 2. The van der Waals surface area contributed by atoms with E-state index in [0.717, 1.165) is 30.4 Å². The molecule has 0 radical (unpaired) electrons. The second kappa shape index (κ2) is 7.97. The number of nitrogens with one attached hydrogen (secondary N) is 1. The molecule has 1 N–H and O–H groups in total. The smallest absolute Gasteiger partial charge is 0.262 e. The number of anilines is 1. The maximum absolute atomic E-state index is 12.4. The summed E-state index contributed by atoms with van der Waals surface area (Å²) in [6.07, 6.45) is 2.98. The number of rotatable bonds is 4. The van der Waals surface area contributed by atoms with Crippen molar-refractivity contribution in [1.82, 2.24) is 0 Å². The van der Waals surface area contributed by atoms with Crippen molar-refractivity contribution >= 4 is 22.2 Å². The molecule has 1 amide bonds. The Morgan fingerprint density at radius 2 is 2.07 bits per heavy atom. The van der Waals surface area contributed by atoms with Gasteiger partial charge in [-0.3, -0.25) is 4.79 Å². The predicted molar refractivity (Wildman–Crippen MR) is 114 cm³/mol. The van der Waals surface area contributed by atoms with Crippen molar-refractivity contribution in [2.24, 2.45) is 11.3 Å². The lowest BCUT2D eigenvalue weighted by molar-refractivity contribution is -0.118. The largest absolute Gasteiger partial charge is 0.484 e. The first-order chi connectivity index (χ1) is 13.2. The molecular weight excluding hydrogens is 368 g/mol.